The van der Waals surface area contributed by atoms with E-state index in [9.17, 15) is 0 Å². The molecule has 1 saturated heterocycles. The second kappa shape index (κ2) is 5.73. The molecule has 1 aliphatic heterocycles. The van der Waals surface area contributed by atoms with Crippen LogP contribution in [-0.4, -0.2) is 30.1 Å². The fourth-order valence-corrected chi connectivity index (χ4v) is 5.20. The largest absolute Gasteiger partial charge is 0.309 e. The molecule has 0 bridgehead atoms. The maximum absolute atomic E-state index is 3.78. The standard InChI is InChI=1S/C19H28N2/c1-2-20-19-16-9-5-3-8-15(16)13-18(19)21-12-11-14-7-4-6-10-17(14)21/h3,5,8-9,14,17-20H,2,4,6-7,10-13H2,1H3. The molecular formula is C19H28N2. The summed E-state index contributed by atoms with van der Waals surface area (Å²) in [5.74, 6) is 0.990. The first-order valence-corrected chi connectivity index (χ1v) is 8.95. The average Bonchev–Trinajstić information content (AvgIpc) is 3.09. The fraction of sp³-hybridized carbons (Fsp3) is 0.684. The second-order valence-electron chi connectivity index (χ2n) is 7.14. The molecule has 0 spiro atoms. The molecule has 4 rings (SSSR count). The van der Waals surface area contributed by atoms with Gasteiger partial charge in [-0.15, -0.1) is 0 Å². The molecule has 2 aliphatic carbocycles. The van der Waals surface area contributed by atoms with Crippen molar-refractivity contribution in [1.82, 2.24) is 10.2 Å². The molecule has 0 radical (unpaired) electrons. The number of likely N-dealkylation sites (N-methyl/N-ethyl adjacent to an activating group) is 1. The third-order valence-corrected chi connectivity index (χ3v) is 6.11. The molecule has 1 heterocycles. The van der Waals surface area contributed by atoms with Gasteiger partial charge in [0.2, 0.25) is 0 Å². The van der Waals surface area contributed by atoms with Gasteiger partial charge in [-0.25, -0.2) is 0 Å². The summed E-state index contributed by atoms with van der Waals surface area (Å²) in [5.41, 5.74) is 3.14. The van der Waals surface area contributed by atoms with Gasteiger partial charge in [0.25, 0.3) is 0 Å². The van der Waals surface area contributed by atoms with Crippen molar-refractivity contribution in [3.05, 3.63) is 35.4 Å². The maximum Gasteiger partial charge on any atom is 0.0484 e. The van der Waals surface area contributed by atoms with Crippen molar-refractivity contribution in [2.45, 2.75) is 63.6 Å². The topological polar surface area (TPSA) is 15.3 Å². The molecule has 3 aliphatic rings. The van der Waals surface area contributed by atoms with E-state index in [4.69, 9.17) is 0 Å². The minimum atomic E-state index is 0.548. The number of hydrogen-bond acceptors (Lipinski definition) is 2. The predicted molar refractivity (Wildman–Crippen MR) is 87.4 cm³/mol. The van der Waals surface area contributed by atoms with Crippen molar-refractivity contribution in [3.8, 4) is 0 Å². The van der Waals surface area contributed by atoms with Gasteiger partial charge < -0.3 is 5.32 Å². The fourth-order valence-electron chi connectivity index (χ4n) is 5.20. The second-order valence-corrected chi connectivity index (χ2v) is 7.14. The first-order valence-electron chi connectivity index (χ1n) is 8.95. The summed E-state index contributed by atoms with van der Waals surface area (Å²) in [5, 5.41) is 3.78. The maximum atomic E-state index is 3.78. The van der Waals surface area contributed by atoms with Gasteiger partial charge in [0.15, 0.2) is 0 Å². The zero-order valence-corrected chi connectivity index (χ0v) is 13.2. The van der Waals surface area contributed by atoms with Gasteiger partial charge >= 0.3 is 0 Å². The highest BCUT2D eigenvalue weighted by atomic mass is 15.2. The third kappa shape index (κ3) is 2.33. The van der Waals surface area contributed by atoms with E-state index in [1.165, 1.54) is 45.1 Å². The van der Waals surface area contributed by atoms with E-state index >= 15 is 0 Å². The SMILES string of the molecule is CCNC1c2ccccc2CC1N1CCC2CCCCC21. The van der Waals surface area contributed by atoms with Gasteiger partial charge in [-0.3, -0.25) is 4.90 Å². The van der Waals surface area contributed by atoms with Crippen molar-refractivity contribution < 1.29 is 0 Å². The first kappa shape index (κ1) is 13.8. The van der Waals surface area contributed by atoms with Crippen LogP contribution in [0, 0.1) is 5.92 Å². The van der Waals surface area contributed by atoms with Crippen molar-refractivity contribution in [1.29, 1.82) is 0 Å². The highest BCUT2D eigenvalue weighted by Gasteiger charge is 2.44. The molecule has 1 aromatic carbocycles. The van der Waals surface area contributed by atoms with Crippen molar-refractivity contribution in [2.75, 3.05) is 13.1 Å². The molecule has 2 heteroatoms. The molecule has 114 valence electrons. The van der Waals surface area contributed by atoms with Crippen LogP contribution in [0.15, 0.2) is 24.3 Å². The Balaban J connectivity index is 1.60. The third-order valence-electron chi connectivity index (χ3n) is 6.11. The average molecular weight is 284 g/mol. The van der Waals surface area contributed by atoms with E-state index < -0.39 is 0 Å². The summed E-state index contributed by atoms with van der Waals surface area (Å²) in [7, 11) is 0. The minimum Gasteiger partial charge on any atom is -0.309 e. The molecule has 4 unspecified atom stereocenters. The highest BCUT2D eigenvalue weighted by Crippen LogP contribution is 2.43. The zero-order chi connectivity index (χ0) is 14.2. The molecular weight excluding hydrogens is 256 g/mol. The summed E-state index contributed by atoms with van der Waals surface area (Å²) in [6.07, 6.45) is 8.52. The molecule has 0 amide bonds. The quantitative estimate of drug-likeness (QED) is 0.913. The lowest BCUT2D eigenvalue weighted by atomic mass is 9.84. The van der Waals surface area contributed by atoms with Crippen LogP contribution in [0.25, 0.3) is 0 Å². The Bertz CT molecular complexity index is 498. The lowest BCUT2D eigenvalue weighted by Gasteiger charge is -2.38. The summed E-state index contributed by atoms with van der Waals surface area (Å²) in [4.78, 5) is 2.89. The summed E-state index contributed by atoms with van der Waals surface area (Å²) >= 11 is 0. The van der Waals surface area contributed by atoms with Gasteiger partial charge in [0.1, 0.15) is 0 Å². The van der Waals surface area contributed by atoms with Crippen LogP contribution >= 0.6 is 0 Å². The van der Waals surface area contributed by atoms with Gasteiger partial charge in [-0.1, -0.05) is 44.0 Å². The van der Waals surface area contributed by atoms with E-state index in [1.54, 1.807) is 11.1 Å². The molecule has 1 aromatic rings. The van der Waals surface area contributed by atoms with Crippen LogP contribution in [0.5, 0.6) is 0 Å². The number of benzene rings is 1. The summed E-state index contributed by atoms with van der Waals surface area (Å²) in [6.45, 7) is 4.64. The van der Waals surface area contributed by atoms with E-state index in [0.29, 0.717) is 12.1 Å². The van der Waals surface area contributed by atoms with E-state index in [0.717, 1.165) is 18.5 Å². The lowest BCUT2D eigenvalue weighted by Crippen LogP contribution is -2.47. The van der Waals surface area contributed by atoms with Crippen LogP contribution in [0.3, 0.4) is 0 Å². The van der Waals surface area contributed by atoms with E-state index in [1.807, 2.05) is 0 Å². The number of nitrogens with one attached hydrogen (secondary N) is 1. The Morgan fingerprint density at radius 1 is 1.10 bits per heavy atom. The number of nitrogens with zero attached hydrogens (tertiary/aromatic N) is 1. The number of hydrogen-bond donors (Lipinski definition) is 1. The monoisotopic (exact) mass is 284 g/mol. The van der Waals surface area contributed by atoms with Gasteiger partial charge in [0.05, 0.1) is 0 Å². The van der Waals surface area contributed by atoms with Crippen molar-refractivity contribution in [3.63, 3.8) is 0 Å². The van der Waals surface area contributed by atoms with Crippen molar-refractivity contribution >= 4 is 0 Å². The molecule has 4 atom stereocenters. The Kier molecular flexibility index (Phi) is 3.76. The smallest absolute Gasteiger partial charge is 0.0484 e. The Morgan fingerprint density at radius 3 is 2.86 bits per heavy atom. The Morgan fingerprint density at radius 2 is 1.95 bits per heavy atom. The predicted octanol–water partition coefficient (Wildman–Crippen LogP) is 3.53. The Hall–Kier alpha value is -0.860. The molecule has 0 aromatic heterocycles. The van der Waals surface area contributed by atoms with Crippen molar-refractivity contribution in [2.24, 2.45) is 5.92 Å². The van der Waals surface area contributed by atoms with E-state index in [2.05, 4.69) is 41.4 Å². The molecule has 21 heavy (non-hydrogen) atoms. The zero-order valence-electron chi connectivity index (χ0n) is 13.2. The van der Waals surface area contributed by atoms with Crippen LogP contribution in [0.4, 0.5) is 0 Å². The van der Waals surface area contributed by atoms with Crippen LogP contribution in [0.2, 0.25) is 0 Å². The highest BCUT2D eigenvalue weighted by molar-refractivity contribution is 5.37. The number of rotatable bonds is 3. The molecule has 2 nitrogen and oxygen atoms in total. The van der Waals surface area contributed by atoms with E-state index in [-0.39, 0.29) is 0 Å². The van der Waals surface area contributed by atoms with Crippen LogP contribution in [0.1, 0.15) is 56.2 Å². The number of likely N-dealkylation sites (tertiary alicyclic amines) is 1. The van der Waals surface area contributed by atoms with Gasteiger partial charge in [0, 0.05) is 18.1 Å². The molecule has 1 saturated carbocycles. The van der Waals surface area contributed by atoms with Crippen LogP contribution in [-0.2, 0) is 6.42 Å². The van der Waals surface area contributed by atoms with Gasteiger partial charge in [-0.05, 0) is 55.8 Å². The number of fused-ring (bicyclic) bond motifs is 2. The minimum absolute atomic E-state index is 0.548. The summed E-state index contributed by atoms with van der Waals surface area (Å²) in [6, 6.07) is 11.2. The lowest BCUT2D eigenvalue weighted by molar-refractivity contribution is 0.114. The Labute approximate surface area is 128 Å². The molecule has 2 fully saturated rings. The molecule has 1 N–H and O–H groups in total. The van der Waals surface area contributed by atoms with Crippen LogP contribution < -0.4 is 5.32 Å². The normalized spacial score (nSPS) is 35.7. The van der Waals surface area contributed by atoms with Gasteiger partial charge in [-0.2, -0.15) is 0 Å². The summed E-state index contributed by atoms with van der Waals surface area (Å²) < 4.78 is 0. The first-order chi connectivity index (χ1) is 10.4.